The van der Waals surface area contributed by atoms with Crippen molar-refractivity contribution < 1.29 is 22.7 Å². The molecule has 0 atom stereocenters. The molecule has 2 aromatic carbocycles. The van der Waals surface area contributed by atoms with Gasteiger partial charge in [0.05, 0.1) is 4.90 Å². The fourth-order valence-electron chi connectivity index (χ4n) is 3.09. The summed E-state index contributed by atoms with van der Waals surface area (Å²) in [6, 6.07) is 12.9. The number of hydrogen-bond acceptors (Lipinski definition) is 5. The van der Waals surface area contributed by atoms with Crippen LogP contribution in [0.4, 0.5) is 0 Å². The Morgan fingerprint density at radius 3 is 2.21 bits per heavy atom. The van der Waals surface area contributed by atoms with E-state index in [4.69, 9.17) is 16.3 Å². The lowest BCUT2D eigenvalue weighted by Crippen LogP contribution is -2.27. The van der Waals surface area contributed by atoms with Crippen molar-refractivity contribution in [1.82, 2.24) is 4.31 Å². The summed E-state index contributed by atoms with van der Waals surface area (Å²) >= 11 is 5.78. The van der Waals surface area contributed by atoms with Crippen LogP contribution < -0.4 is 0 Å². The van der Waals surface area contributed by atoms with Crippen LogP contribution in [0.5, 0.6) is 0 Å². The van der Waals surface area contributed by atoms with Gasteiger partial charge in [0.25, 0.3) is 0 Å². The van der Waals surface area contributed by atoms with Crippen molar-refractivity contribution in [2.75, 3.05) is 19.7 Å². The van der Waals surface area contributed by atoms with Gasteiger partial charge in [-0.2, -0.15) is 4.31 Å². The van der Waals surface area contributed by atoms with Crippen molar-refractivity contribution in [2.45, 2.75) is 30.6 Å². The minimum absolute atomic E-state index is 0.103. The first kappa shape index (κ1) is 21.5. The Kier molecular flexibility index (Phi) is 7.05. The summed E-state index contributed by atoms with van der Waals surface area (Å²) in [5.74, 6) is -0.785. The second kappa shape index (κ2) is 9.52. The van der Waals surface area contributed by atoms with Crippen molar-refractivity contribution in [3.8, 4) is 0 Å². The van der Waals surface area contributed by atoms with Gasteiger partial charge < -0.3 is 4.74 Å². The van der Waals surface area contributed by atoms with Gasteiger partial charge in [-0.15, -0.1) is 0 Å². The summed E-state index contributed by atoms with van der Waals surface area (Å²) in [5, 5.41) is 0.526. The Labute approximate surface area is 175 Å². The van der Waals surface area contributed by atoms with E-state index in [2.05, 4.69) is 0 Å². The van der Waals surface area contributed by atoms with E-state index in [9.17, 15) is 18.0 Å². The number of esters is 1. The van der Waals surface area contributed by atoms with Crippen LogP contribution in [0.15, 0.2) is 53.4 Å². The lowest BCUT2D eigenvalue weighted by molar-refractivity contribution is -0.142. The predicted molar refractivity (Wildman–Crippen MR) is 109 cm³/mol. The van der Waals surface area contributed by atoms with Gasteiger partial charge in [0.15, 0.2) is 12.4 Å². The summed E-state index contributed by atoms with van der Waals surface area (Å²) in [6.07, 6.45) is 2.28. The molecule has 1 fully saturated rings. The molecule has 1 heterocycles. The van der Waals surface area contributed by atoms with Gasteiger partial charge in [-0.25, -0.2) is 8.42 Å². The summed E-state index contributed by atoms with van der Waals surface area (Å²) in [5.41, 5.74) is 1.25. The fourth-order valence-corrected chi connectivity index (χ4v) is 4.73. The third kappa shape index (κ3) is 5.65. The molecule has 0 radical (unpaired) electrons. The Bertz CT molecular complexity index is 965. The lowest BCUT2D eigenvalue weighted by atomic mass is 10.1. The van der Waals surface area contributed by atoms with Crippen molar-refractivity contribution in [2.24, 2.45) is 0 Å². The molecular formula is C21H22ClNO5S. The molecule has 1 aliphatic heterocycles. The highest BCUT2D eigenvalue weighted by Crippen LogP contribution is 2.21. The van der Waals surface area contributed by atoms with Crippen LogP contribution in [-0.2, 0) is 26.0 Å². The molecule has 0 unspecified atom stereocenters. The monoisotopic (exact) mass is 435 g/mol. The average Bonchev–Trinajstić information content (AvgIpc) is 3.27. The number of sulfonamides is 1. The molecular weight excluding hydrogens is 414 g/mol. The maximum Gasteiger partial charge on any atom is 0.306 e. The Hall–Kier alpha value is -2.22. The molecule has 6 nitrogen and oxygen atoms in total. The van der Waals surface area contributed by atoms with Crippen LogP contribution in [0.2, 0.25) is 5.02 Å². The number of rotatable bonds is 8. The van der Waals surface area contributed by atoms with Gasteiger partial charge in [0.1, 0.15) is 0 Å². The standard InChI is InChI=1S/C21H22ClNO5S/c22-18-8-6-17(7-9-18)20(24)15-28-21(25)12-5-16-3-10-19(11-4-16)29(26,27)23-13-1-2-14-23/h3-4,6-11H,1-2,5,12-15H2. The Morgan fingerprint density at radius 1 is 0.966 bits per heavy atom. The summed E-state index contributed by atoms with van der Waals surface area (Å²) in [4.78, 5) is 24.2. The van der Waals surface area contributed by atoms with Gasteiger partial charge in [0, 0.05) is 30.1 Å². The van der Waals surface area contributed by atoms with Crippen molar-refractivity contribution in [1.29, 1.82) is 0 Å². The van der Waals surface area contributed by atoms with E-state index >= 15 is 0 Å². The molecule has 154 valence electrons. The van der Waals surface area contributed by atoms with Crippen LogP contribution in [0.3, 0.4) is 0 Å². The number of carbonyl (C=O) groups is 2. The molecule has 0 spiro atoms. The van der Waals surface area contributed by atoms with Crippen LogP contribution in [0, 0.1) is 0 Å². The minimum atomic E-state index is -3.44. The topological polar surface area (TPSA) is 80.8 Å². The zero-order valence-corrected chi connectivity index (χ0v) is 17.4. The molecule has 2 aromatic rings. The smallest absolute Gasteiger partial charge is 0.306 e. The van der Waals surface area contributed by atoms with E-state index in [-0.39, 0.29) is 23.7 Å². The SMILES string of the molecule is O=C(CCc1ccc(S(=O)(=O)N2CCCC2)cc1)OCC(=O)c1ccc(Cl)cc1. The Balaban J connectivity index is 1.47. The van der Waals surface area contributed by atoms with E-state index < -0.39 is 16.0 Å². The molecule has 0 amide bonds. The molecule has 0 bridgehead atoms. The molecule has 8 heteroatoms. The highest BCUT2D eigenvalue weighted by Gasteiger charge is 2.26. The van der Waals surface area contributed by atoms with E-state index in [1.54, 1.807) is 48.5 Å². The second-order valence-electron chi connectivity index (χ2n) is 6.85. The van der Waals surface area contributed by atoms with Gasteiger partial charge >= 0.3 is 5.97 Å². The number of hydrogen-bond donors (Lipinski definition) is 0. The molecule has 0 N–H and O–H groups in total. The first-order valence-electron chi connectivity index (χ1n) is 9.40. The number of halogens is 1. The first-order chi connectivity index (χ1) is 13.9. The zero-order chi connectivity index (χ0) is 20.9. The number of Topliss-reactive ketones (excluding diaryl/α,β-unsaturated/α-hetero) is 1. The molecule has 1 saturated heterocycles. The fraction of sp³-hybridized carbons (Fsp3) is 0.333. The number of nitrogens with zero attached hydrogens (tertiary/aromatic N) is 1. The number of ketones is 1. The summed E-state index contributed by atoms with van der Waals surface area (Å²) in [6.45, 7) is 0.794. The highest BCUT2D eigenvalue weighted by molar-refractivity contribution is 7.89. The van der Waals surface area contributed by atoms with Crippen LogP contribution in [0.25, 0.3) is 0 Å². The van der Waals surface area contributed by atoms with Crippen LogP contribution in [-0.4, -0.2) is 44.2 Å². The van der Waals surface area contributed by atoms with E-state index in [0.29, 0.717) is 30.1 Å². The largest absolute Gasteiger partial charge is 0.457 e. The maximum atomic E-state index is 12.5. The molecule has 0 aromatic heterocycles. The number of benzene rings is 2. The van der Waals surface area contributed by atoms with Crippen molar-refractivity contribution >= 4 is 33.4 Å². The minimum Gasteiger partial charge on any atom is -0.457 e. The van der Waals surface area contributed by atoms with Gasteiger partial charge in [-0.05, 0) is 61.2 Å². The lowest BCUT2D eigenvalue weighted by Gasteiger charge is -2.15. The molecule has 3 rings (SSSR count). The molecule has 29 heavy (non-hydrogen) atoms. The quantitative estimate of drug-likeness (QED) is 0.468. The van der Waals surface area contributed by atoms with Crippen LogP contribution in [0.1, 0.15) is 35.2 Å². The number of aryl methyl sites for hydroxylation is 1. The number of ether oxygens (including phenoxy) is 1. The molecule has 1 aliphatic rings. The van der Waals surface area contributed by atoms with Crippen LogP contribution >= 0.6 is 11.6 Å². The predicted octanol–water partition coefficient (Wildman–Crippen LogP) is 3.48. The number of carbonyl (C=O) groups excluding carboxylic acids is 2. The zero-order valence-electron chi connectivity index (χ0n) is 15.8. The first-order valence-corrected chi connectivity index (χ1v) is 11.2. The third-order valence-corrected chi connectivity index (χ3v) is 6.94. The normalized spacial score (nSPS) is 14.7. The van der Waals surface area contributed by atoms with E-state index in [0.717, 1.165) is 18.4 Å². The van der Waals surface area contributed by atoms with Crippen molar-refractivity contribution in [3.63, 3.8) is 0 Å². The second-order valence-corrected chi connectivity index (χ2v) is 9.22. The average molecular weight is 436 g/mol. The van der Waals surface area contributed by atoms with Crippen molar-refractivity contribution in [3.05, 3.63) is 64.7 Å². The van der Waals surface area contributed by atoms with Gasteiger partial charge in [-0.3, -0.25) is 9.59 Å². The highest BCUT2D eigenvalue weighted by atomic mass is 35.5. The van der Waals surface area contributed by atoms with Gasteiger partial charge in [-0.1, -0.05) is 23.7 Å². The molecule has 0 aliphatic carbocycles. The molecule has 0 saturated carbocycles. The van der Waals surface area contributed by atoms with Gasteiger partial charge in [0.2, 0.25) is 10.0 Å². The summed E-state index contributed by atoms with van der Waals surface area (Å²) < 4.78 is 31.5. The van der Waals surface area contributed by atoms with E-state index in [1.807, 2.05) is 0 Å². The van der Waals surface area contributed by atoms with E-state index in [1.165, 1.54) is 4.31 Å². The maximum absolute atomic E-state index is 12.5. The Morgan fingerprint density at radius 2 is 1.59 bits per heavy atom. The summed E-state index contributed by atoms with van der Waals surface area (Å²) in [7, 11) is -3.44. The third-order valence-electron chi connectivity index (χ3n) is 4.77.